The van der Waals surface area contributed by atoms with E-state index in [1.54, 1.807) is 34.2 Å². The van der Waals surface area contributed by atoms with Gasteiger partial charge >= 0.3 is 6.03 Å². The van der Waals surface area contributed by atoms with E-state index < -0.39 is 11.8 Å². The molecule has 3 amide bonds. The molecule has 3 atom stereocenters. The van der Waals surface area contributed by atoms with Gasteiger partial charge in [-0.3, -0.25) is 14.7 Å². The highest BCUT2D eigenvalue weighted by molar-refractivity contribution is 6.03. The number of carbonyl (C=O) groups is 2. The first-order valence-corrected chi connectivity index (χ1v) is 10.8. The molecule has 33 heavy (non-hydrogen) atoms. The standard InChI is InChI=1S/C25H23FN4O3/c26-16-6-5-8-18(12-16)28-25(33)29-14-21-24(19-9-1-2-10-20(19)29)22(15-31)30(21)23(32)13-17-7-3-4-11-27-17/h1-12,21-22,24,31H,13-15H2,(H,28,33)/t21-,22+,24+/m0/s1. The van der Waals surface area contributed by atoms with Crippen LogP contribution in [0.3, 0.4) is 0 Å². The van der Waals surface area contributed by atoms with Crippen molar-refractivity contribution in [3.8, 4) is 0 Å². The number of rotatable bonds is 4. The summed E-state index contributed by atoms with van der Waals surface area (Å²) in [5, 5.41) is 12.8. The smallest absolute Gasteiger partial charge is 0.326 e. The summed E-state index contributed by atoms with van der Waals surface area (Å²) in [6, 6.07) is 17.6. The minimum absolute atomic E-state index is 0.0721. The highest BCUT2D eigenvalue weighted by Gasteiger charge is 2.55. The highest BCUT2D eigenvalue weighted by Crippen LogP contribution is 2.48. The Balaban J connectivity index is 1.42. The maximum Gasteiger partial charge on any atom is 0.326 e. The van der Waals surface area contributed by atoms with E-state index in [1.165, 1.54) is 18.2 Å². The number of likely N-dealkylation sites (tertiary alicyclic amines) is 1. The molecule has 0 unspecified atom stereocenters. The number of halogens is 1. The quantitative estimate of drug-likeness (QED) is 0.645. The second-order valence-electron chi connectivity index (χ2n) is 8.25. The predicted octanol–water partition coefficient (Wildman–Crippen LogP) is 3.17. The topological polar surface area (TPSA) is 85.8 Å². The second kappa shape index (κ2) is 8.63. The van der Waals surface area contributed by atoms with Crippen LogP contribution in [0.1, 0.15) is 17.2 Å². The van der Waals surface area contributed by atoms with Crippen LogP contribution in [0.2, 0.25) is 0 Å². The summed E-state index contributed by atoms with van der Waals surface area (Å²) < 4.78 is 13.6. The Kier molecular flexibility index (Phi) is 5.51. The number of amides is 3. The predicted molar refractivity (Wildman–Crippen MR) is 121 cm³/mol. The summed E-state index contributed by atoms with van der Waals surface area (Å²) in [4.78, 5) is 33.8. The number of nitrogens with one attached hydrogen (secondary N) is 1. The molecular formula is C25H23FN4O3. The van der Waals surface area contributed by atoms with Crippen molar-refractivity contribution in [3.63, 3.8) is 0 Å². The van der Waals surface area contributed by atoms with Crippen molar-refractivity contribution < 1.29 is 19.1 Å². The Morgan fingerprint density at radius 2 is 1.91 bits per heavy atom. The Morgan fingerprint density at radius 3 is 2.67 bits per heavy atom. The van der Waals surface area contributed by atoms with Gasteiger partial charge in [0.25, 0.3) is 0 Å². The van der Waals surface area contributed by atoms with E-state index in [-0.39, 0.29) is 43.5 Å². The molecule has 3 heterocycles. The molecule has 2 aromatic carbocycles. The van der Waals surface area contributed by atoms with Crippen LogP contribution in [0.4, 0.5) is 20.6 Å². The summed E-state index contributed by atoms with van der Waals surface area (Å²) in [6.07, 6.45) is 1.76. The first-order valence-electron chi connectivity index (χ1n) is 10.8. The highest BCUT2D eigenvalue weighted by atomic mass is 19.1. The molecule has 1 saturated heterocycles. The van der Waals surface area contributed by atoms with Crippen LogP contribution in [0.25, 0.3) is 0 Å². The van der Waals surface area contributed by atoms with Crippen LogP contribution >= 0.6 is 0 Å². The Morgan fingerprint density at radius 1 is 1.09 bits per heavy atom. The largest absolute Gasteiger partial charge is 0.394 e. The third kappa shape index (κ3) is 3.82. The zero-order chi connectivity index (χ0) is 22.9. The van der Waals surface area contributed by atoms with Crippen LogP contribution in [-0.4, -0.2) is 52.2 Å². The monoisotopic (exact) mass is 446 g/mol. The maximum absolute atomic E-state index is 13.6. The van der Waals surface area contributed by atoms with Crippen molar-refractivity contribution in [1.82, 2.24) is 9.88 Å². The van der Waals surface area contributed by atoms with Crippen molar-refractivity contribution in [2.24, 2.45) is 0 Å². The van der Waals surface area contributed by atoms with Crippen molar-refractivity contribution in [2.45, 2.75) is 24.4 Å². The van der Waals surface area contributed by atoms with Crippen LogP contribution in [0.15, 0.2) is 72.9 Å². The molecule has 1 fully saturated rings. The number of aliphatic hydroxyl groups excluding tert-OH is 1. The van der Waals surface area contributed by atoms with Crippen molar-refractivity contribution in [2.75, 3.05) is 23.4 Å². The zero-order valence-corrected chi connectivity index (χ0v) is 17.8. The zero-order valence-electron chi connectivity index (χ0n) is 17.8. The number of urea groups is 1. The molecule has 8 heteroatoms. The van der Waals surface area contributed by atoms with Crippen LogP contribution in [0.5, 0.6) is 0 Å². The summed E-state index contributed by atoms with van der Waals surface area (Å²) in [7, 11) is 0. The summed E-state index contributed by atoms with van der Waals surface area (Å²) in [5.74, 6) is -0.654. The van der Waals surface area contributed by atoms with Crippen molar-refractivity contribution in [3.05, 3.63) is 90.0 Å². The van der Waals surface area contributed by atoms with Gasteiger partial charge in [0.2, 0.25) is 5.91 Å². The molecule has 2 aliphatic rings. The van der Waals surface area contributed by atoms with E-state index in [9.17, 15) is 19.1 Å². The normalized spacial score (nSPS) is 21.0. The van der Waals surface area contributed by atoms with Gasteiger partial charge in [0.05, 0.1) is 25.1 Å². The van der Waals surface area contributed by atoms with Crippen molar-refractivity contribution >= 4 is 23.3 Å². The number of aliphatic hydroxyl groups is 1. The van der Waals surface area contributed by atoms with Crippen LogP contribution < -0.4 is 10.2 Å². The van der Waals surface area contributed by atoms with Crippen LogP contribution in [-0.2, 0) is 11.2 Å². The van der Waals surface area contributed by atoms with Crippen LogP contribution in [0, 0.1) is 5.82 Å². The number of hydrogen-bond acceptors (Lipinski definition) is 4. The molecule has 0 bridgehead atoms. The van der Waals surface area contributed by atoms with Gasteiger partial charge in [0.1, 0.15) is 5.82 Å². The second-order valence-corrected chi connectivity index (χ2v) is 8.25. The molecule has 168 valence electrons. The van der Waals surface area contributed by atoms with Gasteiger partial charge in [-0.1, -0.05) is 30.3 Å². The number of hydrogen-bond donors (Lipinski definition) is 2. The fourth-order valence-electron chi connectivity index (χ4n) is 4.93. The average molecular weight is 446 g/mol. The molecule has 2 N–H and O–H groups in total. The number of nitrogens with zero attached hydrogens (tertiary/aromatic N) is 3. The van der Waals surface area contributed by atoms with E-state index in [2.05, 4.69) is 10.3 Å². The molecular weight excluding hydrogens is 423 g/mol. The lowest BCUT2D eigenvalue weighted by Gasteiger charge is -2.58. The Bertz CT molecular complexity index is 1190. The average Bonchev–Trinajstić information content (AvgIpc) is 2.80. The fraction of sp³-hybridized carbons (Fsp3) is 0.240. The summed E-state index contributed by atoms with van der Waals surface area (Å²) >= 11 is 0. The minimum atomic E-state index is -0.442. The van der Waals surface area contributed by atoms with E-state index in [4.69, 9.17) is 0 Å². The number of benzene rings is 2. The molecule has 5 rings (SSSR count). The van der Waals surface area contributed by atoms with E-state index >= 15 is 0 Å². The number of fused-ring (bicyclic) bond motifs is 3. The minimum Gasteiger partial charge on any atom is -0.394 e. The van der Waals surface area contributed by atoms with Gasteiger partial charge in [0.15, 0.2) is 0 Å². The molecule has 1 aromatic heterocycles. The SMILES string of the molecule is O=C(Nc1cccc(F)c1)N1C[C@H]2[C@@H](c3ccccc31)[C@@H](CO)N2C(=O)Cc1ccccn1. The summed E-state index contributed by atoms with van der Waals surface area (Å²) in [5.41, 5.74) is 2.64. The fourth-order valence-corrected chi connectivity index (χ4v) is 4.93. The van der Waals surface area contributed by atoms with E-state index in [0.29, 0.717) is 11.4 Å². The maximum atomic E-state index is 13.6. The van der Waals surface area contributed by atoms with E-state index in [0.717, 1.165) is 11.3 Å². The number of anilines is 2. The first-order chi connectivity index (χ1) is 16.1. The number of aromatic nitrogens is 1. The molecule has 0 saturated carbocycles. The lowest BCUT2D eigenvalue weighted by molar-refractivity contribution is -0.149. The van der Waals surface area contributed by atoms with Gasteiger partial charge in [-0.25, -0.2) is 9.18 Å². The molecule has 3 aromatic rings. The molecule has 0 spiro atoms. The molecule has 2 aliphatic heterocycles. The third-order valence-corrected chi connectivity index (χ3v) is 6.35. The van der Waals surface area contributed by atoms with Gasteiger partial charge in [-0.2, -0.15) is 0 Å². The van der Waals surface area contributed by atoms with Gasteiger partial charge < -0.3 is 15.3 Å². The van der Waals surface area contributed by atoms with Gasteiger partial charge in [-0.15, -0.1) is 0 Å². The van der Waals surface area contributed by atoms with Gasteiger partial charge in [0, 0.05) is 35.7 Å². The Hall–Kier alpha value is -3.78. The van der Waals surface area contributed by atoms with E-state index in [1.807, 2.05) is 30.3 Å². The lowest BCUT2D eigenvalue weighted by Crippen LogP contribution is -2.71. The number of pyridine rings is 1. The lowest BCUT2D eigenvalue weighted by atomic mass is 9.71. The number of carbonyl (C=O) groups excluding carboxylic acids is 2. The summed E-state index contributed by atoms with van der Waals surface area (Å²) in [6.45, 7) is 0.103. The number of para-hydroxylation sites is 1. The molecule has 0 radical (unpaired) electrons. The Labute approximate surface area is 190 Å². The molecule has 7 nitrogen and oxygen atoms in total. The third-order valence-electron chi connectivity index (χ3n) is 6.35. The van der Waals surface area contributed by atoms with Gasteiger partial charge in [-0.05, 0) is 42.0 Å². The van der Waals surface area contributed by atoms with Crippen molar-refractivity contribution in [1.29, 1.82) is 0 Å². The first kappa shape index (κ1) is 21.1. The molecule has 0 aliphatic carbocycles.